The highest BCUT2D eigenvalue weighted by Crippen LogP contribution is 2.33. The third-order valence-corrected chi connectivity index (χ3v) is 6.38. The van der Waals surface area contributed by atoms with Crippen molar-refractivity contribution < 1.29 is 4.79 Å². The Morgan fingerprint density at radius 2 is 2.17 bits per heavy atom. The van der Waals surface area contributed by atoms with E-state index in [1.807, 2.05) is 16.7 Å². The second-order valence-corrected chi connectivity index (χ2v) is 8.35. The predicted molar refractivity (Wildman–Crippen MR) is 112 cm³/mol. The Bertz CT molecular complexity index is 1210. The number of aryl methyl sites for hydroxylation is 3. The number of carbonyl (C=O) groups is 1. The van der Waals surface area contributed by atoms with Gasteiger partial charge < -0.3 is 4.57 Å². The van der Waals surface area contributed by atoms with Gasteiger partial charge in [0.15, 0.2) is 5.13 Å². The van der Waals surface area contributed by atoms with E-state index < -0.39 is 0 Å². The van der Waals surface area contributed by atoms with Crippen LogP contribution < -0.4 is 4.90 Å². The van der Waals surface area contributed by atoms with Crippen molar-refractivity contribution in [1.82, 2.24) is 24.7 Å². The van der Waals surface area contributed by atoms with Gasteiger partial charge in [0, 0.05) is 25.4 Å². The number of thiazole rings is 1. The van der Waals surface area contributed by atoms with Crippen molar-refractivity contribution in [3.8, 4) is 0 Å². The Labute approximate surface area is 172 Å². The lowest BCUT2D eigenvalue weighted by Crippen LogP contribution is -2.32. The molecule has 3 aromatic heterocycles. The highest BCUT2D eigenvalue weighted by Gasteiger charge is 2.29. The first-order valence-corrected chi connectivity index (χ1v) is 10.4. The second kappa shape index (κ2) is 7.04. The first kappa shape index (κ1) is 17.9. The Morgan fingerprint density at radius 1 is 1.28 bits per heavy atom. The van der Waals surface area contributed by atoms with Crippen LogP contribution in [0.2, 0.25) is 0 Å². The number of fused-ring (bicyclic) bond motifs is 2. The maximum Gasteiger partial charge on any atom is 0.298 e. The minimum Gasteiger partial charge on any atom is -0.307 e. The minimum absolute atomic E-state index is 0.178. The van der Waals surface area contributed by atoms with Gasteiger partial charge >= 0.3 is 0 Å². The average Bonchev–Trinajstić information content (AvgIpc) is 3.41. The maximum atomic E-state index is 13.5. The Balaban J connectivity index is 1.60. The molecular weight excluding hydrogens is 384 g/mol. The largest absolute Gasteiger partial charge is 0.307 e. The summed E-state index contributed by atoms with van der Waals surface area (Å²) in [6.45, 7) is 5.30. The van der Waals surface area contributed by atoms with Crippen molar-refractivity contribution in [3.63, 3.8) is 0 Å². The zero-order valence-electron chi connectivity index (χ0n) is 16.3. The molecule has 146 valence electrons. The smallest absolute Gasteiger partial charge is 0.298 e. The van der Waals surface area contributed by atoms with Gasteiger partial charge in [-0.1, -0.05) is 23.5 Å². The van der Waals surface area contributed by atoms with Crippen LogP contribution in [0.4, 0.5) is 5.13 Å². The quantitative estimate of drug-likeness (QED) is 0.518. The molecule has 8 heteroatoms. The van der Waals surface area contributed by atoms with Crippen molar-refractivity contribution in [2.75, 3.05) is 4.90 Å². The van der Waals surface area contributed by atoms with Gasteiger partial charge in [0.25, 0.3) is 5.91 Å². The van der Waals surface area contributed by atoms with Crippen LogP contribution in [0.5, 0.6) is 0 Å². The van der Waals surface area contributed by atoms with Gasteiger partial charge in [-0.2, -0.15) is 0 Å². The van der Waals surface area contributed by atoms with Gasteiger partial charge in [-0.3, -0.25) is 14.7 Å². The van der Waals surface area contributed by atoms with E-state index in [1.165, 1.54) is 16.9 Å². The molecule has 1 aliphatic heterocycles. The molecule has 0 unspecified atom stereocenters. The summed E-state index contributed by atoms with van der Waals surface area (Å²) in [5, 5.41) is 9.06. The lowest BCUT2D eigenvalue weighted by molar-refractivity contribution is 0.0970. The number of hydrogen-bond acceptors (Lipinski definition) is 6. The molecule has 4 heterocycles. The number of benzene rings is 1. The molecule has 1 aromatic carbocycles. The molecule has 7 nitrogen and oxygen atoms in total. The van der Waals surface area contributed by atoms with Crippen LogP contribution in [0.15, 0.2) is 36.7 Å². The summed E-state index contributed by atoms with van der Waals surface area (Å²) in [5.74, 6) is 1.09. The first-order chi connectivity index (χ1) is 14.1. The number of nitrogens with zero attached hydrogens (tertiary/aromatic N) is 6. The zero-order valence-corrected chi connectivity index (χ0v) is 17.1. The average molecular weight is 404 g/mol. The summed E-state index contributed by atoms with van der Waals surface area (Å²) in [7, 11) is 0. The number of hydrogen-bond donors (Lipinski definition) is 0. The van der Waals surface area contributed by atoms with E-state index >= 15 is 0 Å². The number of aromatic nitrogens is 5. The molecule has 1 aliphatic rings. The summed E-state index contributed by atoms with van der Waals surface area (Å²) >= 11 is 1.53. The zero-order chi connectivity index (χ0) is 20.0. The molecule has 0 saturated heterocycles. The van der Waals surface area contributed by atoms with E-state index in [0.29, 0.717) is 17.5 Å². The standard InChI is InChI=1S/C21H20N6OS/c1-13-9-14(2)18-16(10-13)23-21(29-18)27(12-15-5-3-7-22-11-15)20(28)19-25-24-17-6-4-8-26(17)19/h3,5,7,9-11H,4,6,8,12H2,1-2H3. The van der Waals surface area contributed by atoms with Crippen LogP contribution in [0, 0.1) is 13.8 Å². The van der Waals surface area contributed by atoms with Crippen LogP contribution in [0.1, 0.15) is 39.6 Å². The van der Waals surface area contributed by atoms with Gasteiger partial charge in [-0.05, 0) is 49.1 Å². The van der Waals surface area contributed by atoms with Crippen molar-refractivity contribution in [2.45, 2.75) is 39.8 Å². The fourth-order valence-corrected chi connectivity index (χ4v) is 4.82. The minimum atomic E-state index is -0.178. The van der Waals surface area contributed by atoms with Crippen molar-refractivity contribution in [2.24, 2.45) is 0 Å². The lowest BCUT2D eigenvalue weighted by Gasteiger charge is -2.19. The molecular formula is C21H20N6OS. The maximum absolute atomic E-state index is 13.5. The lowest BCUT2D eigenvalue weighted by atomic mass is 10.1. The van der Waals surface area contributed by atoms with Gasteiger partial charge in [-0.15, -0.1) is 10.2 Å². The fraction of sp³-hybridized carbons (Fsp3) is 0.286. The summed E-state index contributed by atoms with van der Waals surface area (Å²) in [6.07, 6.45) is 5.36. The predicted octanol–water partition coefficient (Wildman–Crippen LogP) is 3.69. The molecule has 5 rings (SSSR count). The topological polar surface area (TPSA) is 76.8 Å². The van der Waals surface area contributed by atoms with Crippen LogP contribution in [-0.4, -0.2) is 30.6 Å². The fourth-order valence-electron chi connectivity index (χ4n) is 3.81. The van der Waals surface area contributed by atoms with E-state index in [0.717, 1.165) is 46.6 Å². The molecule has 1 amide bonds. The van der Waals surface area contributed by atoms with E-state index in [2.05, 4.69) is 41.2 Å². The Kier molecular flexibility index (Phi) is 4.35. The molecule has 4 aromatic rings. The molecule has 0 atom stereocenters. The molecule has 0 N–H and O–H groups in total. The number of anilines is 1. The Hall–Kier alpha value is -3.13. The van der Waals surface area contributed by atoms with Gasteiger partial charge in [-0.25, -0.2) is 4.98 Å². The molecule has 0 bridgehead atoms. The van der Waals surface area contributed by atoms with Crippen LogP contribution in [0.25, 0.3) is 10.2 Å². The monoisotopic (exact) mass is 404 g/mol. The number of amides is 1. The third kappa shape index (κ3) is 3.19. The highest BCUT2D eigenvalue weighted by atomic mass is 32.1. The molecule has 0 fully saturated rings. The molecule has 0 saturated carbocycles. The van der Waals surface area contributed by atoms with Gasteiger partial charge in [0.05, 0.1) is 16.8 Å². The SMILES string of the molecule is Cc1cc(C)c2sc(N(Cc3cccnc3)C(=O)c3nnc4n3CCC4)nc2c1. The summed E-state index contributed by atoms with van der Waals surface area (Å²) in [4.78, 5) is 24.2. The second-order valence-electron chi connectivity index (χ2n) is 7.37. The summed E-state index contributed by atoms with van der Waals surface area (Å²) < 4.78 is 3.03. The van der Waals surface area contributed by atoms with Crippen molar-refractivity contribution in [3.05, 3.63) is 65.0 Å². The van der Waals surface area contributed by atoms with E-state index in [4.69, 9.17) is 4.98 Å². The third-order valence-electron chi connectivity index (χ3n) is 5.15. The van der Waals surface area contributed by atoms with Crippen molar-refractivity contribution >= 4 is 32.6 Å². The summed E-state index contributed by atoms with van der Waals surface area (Å²) in [5.41, 5.74) is 4.18. The van der Waals surface area contributed by atoms with E-state index in [-0.39, 0.29) is 5.91 Å². The first-order valence-electron chi connectivity index (χ1n) is 9.61. The number of carbonyl (C=O) groups excluding carboxylic acids is 1. The molecule has 0 radical (unpaired) electrons. The number of pyridine rings is 1. The van der Waals surface area contributed by atoms with Crippen LogP contribution in [0.3, 0.4) is 0 Å². The molecule has 0 spiro atoms. The highest BCUT2D eigenvalue weighted by molar-refractivity contribution is 7.22. The van der Waals surface area contributed by atoms with Crippen LogP contribution in [-0.2, 0) is 19.5 Å². The Morgan fingerprint density at radius 3 is 3.00 bits per heavy atom. The number of rotatable bonds is 4. The van der Waals surface area contributed by atoms with E-state index in [9.17, 15) is 4.79 Å². The van der Waals surface area contributed by atoms with Gasteiger partial charge in [0.2, 0.25) is 5.82 Å². The summed E-state index contributed by atoms with van der Waals surface area (Å²) in [6, 6.07) is 8.04. The van der Waals surface area contributed by atoms with Gasteiger partial charge in [0.1, 0.15) is 5.82 Å². The molecule has 0 aliphatic carbocycles. The van der Waals surface area contributed by atoms with Crippen molar-refractivity contribution in [1.29, 1.82) is 0 Å². The normalized spacial score (nSPS) is 13.0. The van der Waals surface area contributed by atoms with Crippen LogP contribution >= 0.6 is 11.3 Å². The van der Waals surface area contributed by atoms with E-state index in [1.54, 1.807) is 17.3 Å². The molecule has 29 heavy (non-hydrogen) atoms.